The van der Waals surface area contributed by atoms with Crippen LogP contribution >= 0.6 is 0 Å². The number of amides is 1. The van der Waals surface area contributed by atoms with Gasteiger partial charge in [-0.3, -0.25) is 4.90 Å². The molecule has 9 nitrogen and oxygen atoms in total. The first kappa shape index (κ1) is 32.2. The predicted octanol–water partition coefficient (Wildman–Crippen LogP) is 7.13. The average molecular weight is 639 g/mol. The number of halogens is 4. The maximum Gasteiger partial charge on any atom is 0.416 e. The molecule has 0 bridgehead atoms. The van der Waals surface area contributed by atoms with Gasteiger partial charge in [0.15, 0.2) is 0 Å². The zero-order valence-corrected chi connectivity index (χ0v) is 25.5. The monoisotopic (exact) mass is 638 g/mol. The summed E-state index contributed by atoms with van der Waals surface area (Å²) in [4.78, 5) is 36.8. The molecule has 1 N–H and O–H groups in total. The van der Waals surface area contributed by atoms with Crippen molar-refractivity contribution in [3.63, 3.8) is 0 Å². The smallest absolute Gasteiger partial charge is 0.416 e. The number of aromatic nitrogens is 2. The zero-order valence-electron chi connectivity index (χ0n) is 25.5. The summed E-state index contributed by atoms with van der Waals surface area (Å²) < 4.78 is 65.6. The van der Waals surface area contributed by atoms with Crippen LogP contribution in [0.3, 0.4) is 0 Å². The van der Waals surface area contributed by atoms with Gasteiger partial charge in [-0.1, -0.05) is 12.1 Å². The van der Waals surface area contributed by atoms with Crippen molar-refractivity contribution < 1.29 is 41.7 Å². The molecular weight excluding hydrogens is 608 g/mol. The number of methoxy groups -OCH3 is 1. The van der Waals surface area contributed by atoms with Gasteiger partial charge in [-0.05, 0) is 78.6 Å². The Morgan fingerprint density at radius 1 is 1.07 bits per heavy atom. The number of carbonyl (C=O) groups is 2. The van der Waals surface area contributed by atoms with E-state index in [2.05, 4.69) is 4.98 Å². The number of carbonyl (C=O) groups excluding carboxylic acids is 1. The number of nitrogens with zero attached hydrogens (tertiary/aromatic N) is 4. The van der Waals surface area contributed by atoms with Crippen LogP contribution in [0.25, 0.3) is 22.3 Å². The van der Waals surface area contributed by atoms with E-state index in [1.54, 1.807) is 57.2 Å². The molecule has 1 aliphatic heterocycles. The second-order valence-electron chi connectivity index (χ2n) is 11.1. The highest BCUT2D eigenvalue weighted by Gasteiger charge is 2.42. The lowest BCUT2D eigenvalue weighted by molar-refractivity contribution is -0.137. The molecule has 1 fully saturated rings. The third-order valence-electron chi connectivity index (χ3n) is 7.82. The number of alkyl halides is 3. The summed E-state index contributed by atoms with van der Waals surface area (Å²) in [5.74, 6) is -1.32. The van der Waals surface area contributed by atoms with Gasteiger partial charge >= 0.3 is 18.2 Å². The SMILES string of the molecule is COc1ccc(-c2ccc(C(=O)O)cc2C)cc1-c1cnc(N(C)C)nc1CN1C(=O)O[C@H](c2cc(F)cc(C(F)(F)F)c2)[C@@H]1C. The predicted molar refractivity (Wildman–Crippen MR) is 161 cm³/mol. The number of benzene rings is 3. The van der Waals surface area contributed by atoms with E-state index in [1.165, 1.54) is 18.1 Å². The first-order chi connectivity index (χ1) is 21.7. The molecule has 0 radical (unpaired) electrons. The molecule has 2 heterocycles. The molecular formula is C33H30F4N4O5. The number of cyclic esters (lactones) is 1. The van der Waals surface area contributed by atoms with Crippen LogP contribution in [0.15, 0.2) is 60.8 Å². The first-order valence-electron chi connectivity index (χ1n) is 14.1. The van der Waals surface area contributed by atoms with Crippen LogP contribution < -0.4 is 9.64 Å². The summed E-state index contributed by atoms with van der Waals surface area (Å²) in [6.45, 7) is 3.29. The van der Waals surface area contributed by atoms with E-state index in [-0.39, 0.29) is 17.7 Å². The Bertz CT molecular complexity index is 1830. The van der Waals surface area contributed by atoms with Gasteiger partial charge in [-0.25, -0.2) is 23.9 Å². The normalized spacial score (nSPS) is 16.4. The van der Waals surface area contributed by atoms with Crippen LogP contribution in [0.5, 0.6) is 5.75 Å². The molecule has 1 saturated heterocycles. The van der Waals surface area contributed by atoms with Crippen molar-refractivity contribution in [3.8, 4) is 28.0 Å². The Morgan fingerprint density at radius 2 is 1.80 bits per heavy atom. The summed E-state index contributed by atoms with van der Waals surface area (Å²) in [6, 6.07) is 11.6. The highest BCUT2D eigenvalue weighted by Crippen LogP contribution is 2.40. The number of ether oxygens (including phenoxy) is 2. The van der Waals surface area contributed by atoms with Crippen LogP contribution in [0.2, 0.25) is 0 Å². The van der Waals surface area contributed by atoms with Crippen LogP contribution in [-0.4, -0.2) is 59.3 Å². The molecule has 5 rings (SSSR count). The van der Waals surface area contributed by atoms with E-state index in [9.17, 15) is 32.3 Å². The summed E-state index contributed by atoms with van der Waals surface area (Å²) in [7, 11) is 4.99. The lowest BCUT2D eigenvalue weighted by Crippen LogP contribution is -2.32. The van der Waals surface area contributed by atoms with Crippen molar-refractivity contribution in [1.29, 1.82) is 0 Å². The minimum absolute atomic E-state index is 0.115. The minimum Gasteiger partial charge on any atom is -0.496 e. The third-order valence-corrected chi connectivity index (χ3v) is 7.82. The van der Waals surface area contributed by atoms with Crippen LogP contribution in [0, 0.1) is 12.7 Å². The van der Waals surface area contributed by atoms with Gasteiger partial charge in [-0.15, -0.1) is 0 Å². The highest BCUT2D eigenvalue weighted by atomic mass is 19.4. The van der Waals surface area contributed by atoms with Gasteiger partial charge in [-0.2, -0.15) is 13.2 Å². The largest absolute Gasteiger partial charge is 0.496 e. The van der Waals surface area contributed by atoms with E-state index in [0.717, 1.165) is 28.8 Å². The van der Waals surface area contributed by atoms with Crippen LogP contribution in [0.1, 0.15) is 45.8 Å². The van der Waals surface area contributed by atoms with Crippen molar-refractivity contribution in [3.05, 3.63) is 94.6 Å². The fourth-order valence-electron chi connectivity index (χ4n) is 5.44. The molecule has 2 atom stereocenters. The van der Waals surface area contributed by atoms with E-state index in [0.29, 0.717) is 34.6 Å². The molecule has 240 valence electrons. The van der Waals surface area contributed by atoms with Crippen molar-refractivity contribution in [2.24, 2.45) is 0 Å². The van der Waals surface area contributed by atoms with Crippen LogP contribution in [-0.2, 0) is 17.5 Å². The summed E-state index contributed by atoms with van der Waals surface area (Å²) in [6.07, 6.45) is -5.17. The van der Waals surface area contributed by atoms with Crippen molar-refractivity contribution in [2.75, 3.05) is 26.1 Å². The van der Waals surface area contributed by atoms with Gasteiger partial charge < -0.3 is 19.5 Å². The summed E-state index contributed by atoms with van der Waals surface area (Å²) in [5.41, 5.74) is 2.62. The Labute approximate surface area is 262 Å². The molecule has 0 unspecified atom stereocenters. The Kier molecular flexibility index (Phi) is 8.61. The summed E-state index contributed by atoms with van der Waals surface area (Å²) >= 11 is 0. The van der Waals surface area contributed by atoms with E-state index < -0.39 is 41.8 Å². The second-order valence-corrected chi connectivity index (χ2v) is 11.1. The fraction of sp³-hybridized carbons (Fsp3) is 0.273. The molecule has 13 heteroatoms. The number of aromatic carboxylic acids is 1. The Hall–Kier alpha value is -5.20. The molecule has 4 aromatic rings. The molecule has 1 amide bonds. The van der Waals surface area contributed by atoms with Gasteiger partial charge in [0.2, 0.25) is 5.95 Å². The van der Waals surface area contributed by atoms with E-state index in [4.69, 9.17) is 14.5 Å². The quantitative estimate of drug-likeness (QED) is 0.203. The maximum atomic E-state index is 14.2. The van der Waals surface area contributed by atoms with Crippen molar-refractivity contribution in [1.82, 2.24) is 14.9 Å². The standard InChI is InChI=1S/C33H30F4N4O5/c1-17-10-20(30(42)43)6-8-24(17)19-7-9-28(45-5)25(13-19)26-15-38-31(40(3)4)39-27(26)16-41-18(2)29(46-32(41)44)21-11-22(33(35,36)37)14-23(34)12-21/h6-15,18,29H,16H2,1-5H3,(H,42,43)/t18-,29-/m0/s1. The number of carboxylic acids is 1. The molecule has 1 aromatic heterocycles. The number of hydrogen-bond donors (Lipinski definition) is 1. The fourth-order valence-corrected chi connectivity index (χ4v) is 5.44. The topological polar surface area (TPSA) is 105 Å². The molecule has 1 aliphatic rings. The van der Waals surface area contributed by atoms with E-state index in [1.807, 2.05) is 12.1 Å². The van der Waals surface area contributed by atoms with Crippen molar-refractivity contribution in [2.45, 2.75) is 38.7 Å². The van der Waals surface area contributed by atoms with Gasteiger partial charge in [0, 0.05) is 31.4 Å². The molecule has 3 aromatic carbocycles. The van der Waals surface area contributed by atoms with E-state index >= 15 is 0 Å². The van der Waals surface area contributed by atoms with Gasteiger partial charge in [0.05, 0.1) is 36.5 Å². The van der Waals surface area contributed by atoms with Gasteiger partial charge in [0.1, 0.15) is 17.7 Å². The number of rotatable bonds is 8. The molecule has 0 saturated carbocycles. The Morgan fingerprint density at radius 3 is 2.43 bits per heavy atom. The van der Waals surface area contributed by atoms with Gasteiger partial charge in [0.25, 0.3) is 0 Å². The Balaban J connectivity index is 1.56. The average Bonchev–Trinajstić information content (AvgIpc) is 3.28. The molecule has 0 spiro atoms. The molecule has 46 heavy (non-hydrogen) atoms. The number of hydrogen-bond acceptors (Lipinski definition) is 7. The highest BCUT2D eigenvalue weighted by molar-refractivity contribution is 5.89. The minimum atomic E-state index is -4.79. The third kappa shape index (κ3) is 6.30. The zero-order chi connectivity index (χ0) is 33.5. The lowest BCUT2D eigenvalue weighted by Gasteiger charge is -2.23. The second kappa shape index (κ2) is 12.3. The number of aryl methyl sites for hydroxylation is 1. The summed E-state index contributed by atoms with van der Waals surface area (Å²) in [5, 5.41) is 9.38. The number of carboxylic acid groups (broad SMARTS) is 1. The molecule has 0 aliphatic carbocycles. The maximum absolute atomic E-state index is 14.2. The first-order valence-corrected chi connectivity index (χ1v) is 14.1. The van der Waals surface area contributed by atoms with Crippen molar-refractivity contribution >= 4 is 18.0 Å². The lowest BCUT2D eigenvalue weighted by atomic mass is 9.94. The number of anilines is 1. The van der Waals surface area contributed by atoms with Crippen LogP contribution in [0.4, 0.5) is 28.3 Å².